The van der Waals surface area contributed by atoms with Crippen LogP contribution >= 0.6 is 35.2 Å². The molecule has 1 aliphatic heterocycles. The lowest BCUT2D eigenvalue weighted by Gasteiger charge is -2.30. The highest BCUT2D eigenvalue weighted by Gasteiger charge is 2.50. The molecule has 3 unspecified atom stereocenters. The highest BCUT2D eigenvalue weighted by Crippen LogP contribution is 2.61. The molecule has 2 amide bonds. The van der Waals surface area contributed by atoms with Gasteiger partial charge in [-0.1, -0.05) is 31.7 Å². The fourth-order valence-electron chi connectivity index (χ4n) is 4.48. The molecule has 0 spiro atoms. The van der Waals surface area contributed by atoms with Gasteiger partial charge in [-0.15, -0.1) is 0 Å². The van der Waals surface area contributed by atoms with Crippen molar-refractivity contribution in [3.63, 3.8) is 0 Å². The number of nitrogens with one attached hydrogen (secondary N) is 2. The number of carbonyl (C=O) groups is 3. The maximum Gasteiger partial charge on any atom is 0.481 e. The van der Waals surface area contributed by atoms with E-state index >= 15 is 0 Å². The van der Waals surface area contributed by atoms with Crippen LogP contribution in [0.15, 0.2) is 24.8 Å². The Hall–Kier alpha value is -2.74. The van der Waals surface area contributed by atoms with Crippen LogP contribution in [0, 0.1) is 5.41 Å². The van der Waals surface area contributed by atoms with Crippen molar-refractivity contribution in [3.05, 3.63) is 24.8 Å². The molecule has 0 aliphatic carbocycles. The highest BCUT2D eigenvalue weighted by molar-refractivity contribution is 8.14. The number of fused-ring (bicyclic) bond motifs is 1. The Labute approximate surface area is 310 Å². The van der Waals surface area contributed by atoms with Crippen molar-refractivity contribution >= 4 is 69.1 Å². The Morgan fingerprint density at radius 2 is 1.78 bits per heavy atom. The SMILES string of the molecule is CC(C)(COP(=O)(O)OP(=O)(O)OC[C@H]1O[C@@H](n2cnc3c(N)ncnc32)[C@H](O)[C@@H]1OP(=O)(O)O)C(O)C(=O)NCCC(=O)NCCSC(=O)/C=C/CO. The second-order valence-corrected chi connectivity index (χ2v) is 17.2. The minimum Gasteiger partial charge on any atom is -0.392 e. The molecule has 1 aliphatic rings. The predicted molar refractivity (Wildman–Crippen MR) is 183 cm³/mol. The first-order chi connectivity index (χ1) is 25.1. The van der Waals surface area contributed by atoms with Gasteiger partial charge in [-0.3, -0.25) is 32.5 Å². The Bertz CT molecular complexity index is 1810. The van der Waals surface area contributed by atoms with Crippen LogP contribution in [0.3, 0.4) is 0 Å². The molecule has 1 saturated heterocycles. The first-order valence-corrected chi connectivity index (χ1v) is 20.9. The summed E-state index contributed by atoms with van der Waals surface area (Å²) in [6.07, 6.45) is -4.54. The molecule has 3 rings (SSSR count). The largest absolute Gasteiger partial charge is 0.481 e. The fraction of sp³-hybridized carbons (Fsp3) is 0.600. The number of nitrogen functional groups attached to an aromatic ring is 1. The number of phosphoric acid groups is 3. The van der Waals surface area contributed by atoms with Gasteiger partial charge in [0.25, 0.3) is 0 Å². The summed E-state index contributed by atoms with van der Waals surface area (Å²) in [5.74, 6) is -1.27. The van der Waals surface area contributed by atoms with Gasteiger partial charge in [0.2, 0.25) is 16.9 Å². The first-order valence-electron chi connectivity index (χ1n) is 15.4. The number of aliphatic hydroxyl groups is 3. The van der Waals surface area contributed by atoms with Crippen LogP contribution in [-0.2, 0) is 50.7 Å². The molecule has 0 saturated carbocycles. The number of carbonyl (C=O) groups excluding carboxylic acids is 3. The summed E-state index contributed by atoms with van der Waals surface area (Å²) in [4.78, 5) is 86.7. The maximum atomic E-state index is 12.6. The lowest BCUT2D eigenvalue weighted by Crippen LogP contribution is -2.46. The number of aromatic nitrogens is 4. The Morgan fingerprint density at radius 1 is 1.09 bits per heavy atom. The van der Waals surface area contributed by atoms with E-state index in [2.05, 4.69) is 34.4 Å². The molecule has 1 fully saturated rings. The average Bonchev–Trinajstić information content (AvgIpc) is 3.63. The summed E-state index contributed by atoms with van der Waals surface area (Å²) in [6, 6.07) is 0. The number of nitrogens with two attached hydrogens (primary N) is 1. The summed E-state index contributed by atoms with van der Waals surface area (Å²) in [5, 5.41) is 34.5. The number of imidazole rings is 1. The van der Waals surface area contributed by atoms with E-state index in [9.17, 15) is 57.9 Å². The summed E-state index contributed by atoms with van der Waals surface area (Å²) < 4.78 is 61.9. The van der Waals surface area contributed by atoms with Crippen molar-refractivity contribution in [1.82, 2.24) is 30.2 Å². The van der Waals surface area contributed by atoms with E-state index < -0.39 is 84.6 Å². The molecule has 25 nitrogen and oxygen atoms in total. The monoisotopic (exact) mass is 851 g/mol. The van der Waals surface area contributed by atoms with E-state index in [-0.39, 0.29) is 54.0 Å². The molecule has 7 atom stereocenters. The molecule has 29 heteroatoms. The third kappa shape index (κ3) is 13.8. The molecule has 304 valence electrons. The van der Waals surface area contributed by atoms with Crippen LogP contribution in [0.25, 0.3) is 11.2 Å². The molecule has 11 N–H and O–H groups in total. The topological polar surface area (TPSA) is 384 Å². The summed E-state index contributed by atoms with van der Waals surface area (Å²) >= 11 is 0.912. The molecular weight excluding hydrogens is 811 g/mol. The van der Waals surface area contributed by atoms with Gasteiger partial charge in [-0.2, -0.15) is 4.31 Å². The number of ether oxygens (including phenoxy) is 1. The zero-order chi connectivity index (χ0) is 40.5. The molecule has 0 aromatic carbocycles. The Kier molecular flexibility index (Phi) is 16.4. The lowest BCUT2D eigenvalue weighted by molar-refractivity contribution is -0.137. The van der Waals surface area contributed by atoms with Gasteiger partial charge in [-0.05, 0) is 6.08 Å². The number of amides is 2. The minimum absolute atomic E-state index is 0.0252. The molecule has 0 bridgehead atoms. The fourth-order valence-corrected chi connectivity index (χ4v) is 7.91. The van der Waals surface area contributed by atoms with E-state index in [4.69, 9.17) is 24.6 Å². The number of thioether (sulfide) groups is 1. The number of phosphoric ester groups is 3. The third-order valence-electron chi connectivity index (χ3n) is 7.11. The molecule has 2 aromatic heterocycles. The number of anilines is 1. The molecular formula is C25H40N7O18P3S. The number of nitrogens with zero attached hydrogens (tertiary/aromatic N) is 4. The summed E-state index contributed by atoms with van der Waals surface area (Å²) in [6.45, 7) is 0.0610. The van der Waals surface area contributed by atoms with Gasteiger partial charge in [0.05, 0.1) is 26.1 Å². The minimum atomic E-state index is -5.57. The highest BCUT2D eigenvalue weighted by atomic mass is 32.2. The van der Waals surface area contributed by atoms with Crippen LogP contribution in [0.4, 0.5) is 5.82 Å². The normalized spacial score (nSPS) is 22.2. The van der Waals surface area contributed by atoms with Gasteiger partial charge >= 0.3 is 23.5 Å². The molecule has 3 heterocycles. The van der Waals surface area contributed by atoms with Crippen LogP contribution in [-0.4, -0.2) is 134 Å². The lowest BCUT2D eigenvalue weighted by atomic mass is 9.87. The first kappa shape index (κ1) is 45.6. The second-order valence-electron chi connectivity index (χ2n) is 11.8. The summed E-state index contributed by atoms with van der Waals surface area (Å²) in [7, 11) is -16.4. The number of hydrogen-bond acceptors (Lipinski definition) is 19. The van der Waals surface area contributed by atoms with Crippen LogP contribution < -0.4 is 16.4 Å². The van der Waals surface area contributed by atoms with Gasteiger partial charge in [0, 0.05) is 30.7 Å². The standard InChI is InChI=1S/C25H40N7O18P3S/c1-25(2,20(37)23(38)28-6-5-15(34)27-7-9-54-16(35)4-3-8-33)11-47-53(44,45)50-52(42,43)46-10-14-19(49-51(39,40)41)18(36)24(48-14)32-13-31-17-21(26)29-12-30-22(17)32/h3-4,12-14,18-20,24,33,36-37H,5-11H2,1-2H3,(H,27,34)(H,28,38)(H,42,43)(H,44,45)(H2,26,29,30)(H2,39,40,41)/b4-3+/t14-,18-,19-,20?,24-/m1/s1. The van der Waals surface area contributed by atoms with Crippen molar-refractivity contribution in [2.45, 2.75) is 50.9 Å². The summed E-state index contributed by atoms with van der Waals surface area (Å²) in [5.41, 5.74) is 4.23. The van der Waals surface area contributed by atoms with Crippen molar-refractivity contribution in [2.75, 3.05) is 44.4 Å². The van der Waals surface area contributed by atoms with Gasteiger partial charge in [-0.25, -0.2) is 28.6 Å². The zero-order valence-corrected chi connectivity index (χ0v) is 31.9. The van der Waals surface area contributed by atoms with Crippen molar-refractivity contribution in [3.8, 4) is 0 Å². The molecule has 54 heavy (non-hydrogen) atoms. The van der Waals surface area contributed by atoms with E-state index in [0.717, 1.165) is 29.0 Å². The van der Waals surface area contributed by atoms with Crippen LogP contribution in [0.2, 0.25) is 0 Å². The quantitative estimate of drug-likeness (QED) is 0.0377. The maximum absolute atomic E-state index is 12.6. The smallest absolute Gasteiger partial charge is 0.392 e. The van der Waals surface area contributed by atoms with Gasteiger partial charge < -0.3 is 56.0 Å². The van der Waals surface area contributed by atoms with Gasteiger partial charge in [0.1, 0.15) is 36.3 Å². The number of aliphatic hydroxyl groups excluding tert-OH is 3. The van der Waals surface area contributed by atoms with Crippen molar-refractivity contribution in [1.29, 1.82) is 0 Å². The second kappa shape index (κ2) is 19.4. The van der Waals surface area contributed by atoms with Crippen LogP contribution in [0.1, 0.15) is 26.5 Å². The van der Waals surface area contributed by atoms with Crippen LogP contribution in [0.5, 0.6) is 0 Å². The third-order valence-corrected chi connectivity index (χ3v) is 11.0. The Balaban J connectivity index is 1.51. The number of rotatable bonds is 21. The van der Waals surface area contributed by atoms with E-state index in [1.807, 2.05) is 0 Å². The van der Waals surface area contributed by atoms with E-state index in [1.54, 1.807) is 0 Å². The van der Waals surface area contributed by atoms with Crippen molar-refractivity contribution in [2.24, 2.45) is 5.41 Å². The van der Waals surface area contributed by atoms with E-state index in [1.165, 1.54) is 26.0 Å². The number of hydrogen-bond donors (Lipinski definition) is 10. The van der Waals surface area contributed by atoms with E-state index in [0.29, 0.717) is 0 Å². The predicted octanol–water partition coefficient (Wildman–Crippen LogP) is -1.79. The molecule has 0 radical (unpaired) electrons. The van der Waals surface area contributed by atoms with Crippen molar-refractivity contribution < 1.29 is 85.6 Å². The zero-order valence-electron chi connectivity index (χ0n) is 28.4. The average molecular weight is 852 g/mol. The van der Waals surface area contributed by atoms with Gasteiger partial charge in [0.15, 0.2) is 17.7 Å². The Morgan fingerprint density at radius 3 is 2.44 bits per heavy atom. The molecule has 2 aromatic rings.